The average molecular weight is 187 g/mol. The normalized spacial score (nSPS) is 15.8. The van der Waals surface area contributed by atoms with Crippen LogP contribution in [-0.4, -0.2) is 20.7 Å². The van der Waals surface area contributed by atoms with Gasteiger partial charge in [-0.15, -0.1) is 0 Å². The van der Waals surface area contributed by atoms with Crippen molar-refractivity contribution in [3.05, 3.63) is 0 Å². The van der Waals surface area contributed by atoms with Crippen LogP contribution < -0.4 is 0 Å². The third kappa shape index (κ3) is 3.07. The molecule has 12 heavy (non-hydrogen) atoms. The molecule has 71 valence electrons. The second kappa shape index (κ2) is 3.71. The van der Waals surface area contributed by atoms with Gasteiger partial charge in [-0.1, -0.05) is 20.8 Å². The molecule has 0 amide bonds. The molecule has 0 spiro atoms. The Morgan fingerprint density at radius 2 is 1.75 bits per heavy atom. The molecule has 0 rings (SSSR count). The largest absolute Gasteiger partial charge is 0.407 e. The second-order valence-electron chi connectivity index (χ2n) is 4.64. The van der Waals surface area contributed by atoms with E-state index in [1.165, 1.54) is 0 Å². The van der Waals surface area contributed by atoms with Gasteiger partial charge in [-0.2, -0.15) is 0 Å². The fraction of sp³-hybridized carbons (Fsp3) is 0.889. The molecule has 0 aromatic heterocycles. The van der Waals surface area contributed by atoms with Gasteiger partial charge in [0, 0.05) is 0 Å². The van der Waals surface area contributed by atoms with Crippen LogP contribution in [0.1, 0.15) is 27.7 Å². The quantitative estimate of drug-likeness (QED) is 0.635. The molecular weight excluding hydrogens is 168 g/mol. The van der Waals surface area contributed by atoms with E-state index >= 15 is 0 Å². The zero-order valence-electron chi connectivity index (χ0n) is 8.89. The third-order valence-corrected chi connectivity index (χ3v) is 7.00. The summed E-state index contributed by atoms with van der Waals surface area (Å²) in [7, 11) is -1.75. The van der Waals surface area contributed by atoms with E-state index in [0.717, 1.165) is 0 Å². The average Bonchev–Trinajstić information content (AvgIpc) is 1.84. The van der Waals surface area contributed by atoms with E-state index in [0.29, 0.717) is 0 Å². The molecule has 0 aliphatic rings. The van der Waals surface area contributed by atoms with Crippen molar-refractivity contribution in [2.45, 2.75) is 51.9 Å². The van der Waals surface area contributed by atoms with Crippen LogP contribution in [0, 0.1) is 0 Å². The van der Waals surface area contributed by atoms with Crippen molar-refractivity contribution in [1.29, 1.82) is 0 Å². The van der Waals surface area contributed by atoms with Gasteiger partial charge in [0.25, 0.3) is 0 Å². The highest BCUT2D eigenvalue weighted by Crippen LogP contribution is 2.36. The summed E-state index contributed by atoms with van der Waals surface area (Å²) in [6.07, 6.45) is 1.47. The first-order valence-corrected chi connectivity index (χ1v) is 7.17. The van der Waals surface area contributed by atoms with Gasteiger partial charge in [0.2, 0.25) is 6.29 Å². The molecule has 1 radical (unpaired) electrons. The van der Waals surface area contributed by atoms with Crippen LogP contribution in [0.2, 0.25) is 18.1 Å². The minimum absolute atomic E-state index is 0.165. The van der Waals surface area contributed by atoms with E-state index in [-0.39, 0.29) is 11.1 Å². The summed E-state index contributed by atoms with van der Waals surface area (Å²) in [4.78, 5) is 10.3. The lowest BCUT2D eigenvalue weighted by Crippen LogP contribution is -2.43. The molecule has 0 heterocycles. The molecule has 0 fully saturated rings. The van der Waals surface area contributed by atoms with Crippen molar-refractivity contribution in [2.75, 3.05) is 0 Å². The highest BCUT2D eigenvalue weighted by Gasteiger charge is 2.38. The molecule has 0 aliphatic carbocycles. The van der Waals surface area contributed by atoms with E-state index in [4.69, 9.17) is 4.43 Å². The van der Waals surface area contributed by atoms with Crippen LogP contribution in [0.5, 0.6) is 0 Å². The first-order chi connectivity index (χ1) is 5.20. The molecule has 0 N–H and O–H groups in total. The van der Waals surface area contributed by atoms with E-state index in [1.807, 2.05) is 6.29 Å². The monoisotopic (exact) mass is 187 g/mol. The standard InChI is InChI=1S/C9H19O2Si/c1-8(7-10)11-12(5,6)9(2,3)4/h8H,1-6H3. The zero-order chi connectivity index (χ0) is 9.99. The summed E-state index contributed by atoms with van der Waals surface area (Å²) in [6, 6.07) is 0. The molecule has 2 nitrogen and oxygen atoms in total. The maximum absolute atomic E-state index is 10.3. The van der Waals surface area contributed by atoms with Crippen molar-refractivity contribution in [2.24, 2.45) is 0 Å². The highest BCUT2D eigenvalue weighted by atomic mass is 28.4. The number of hydrogen-bond donors (Lipinski definition) is 0. The first kappa shape index (κ1) is 11.8. The van der Waals surface area contributed by atoms with E-state index in [9.17, 15) is 4.79 Å². The minimum Gasteiger partial charge on any atom is -0.407 e. The fourth-order valence-electron chi connectivity index (χ4n) is 0.643. The molecule has 0 bridgehead atoms. The van der Waals surface area contributed by atoms with Gasteiger partial charge >= 0.3 is 0 Å². The molecular formula is C9H19O2Si. The number of rotatable bonds is 3. The summed E-state index contributed by atoms with van der Waals surface area (Å²) < 4.78 is 5.67. The molecule has 0 aliphatic heterocycles. The first-order valence-electron chi connectivity index (χ1n) is 4.26. The van der Waals surface area contributed by atoms with Crippen LogP contribution in [0.4, 0.5) is 0 Å². The molecule has 0 aromatic carbocycles. The smallest absolute Gasteiger partial charge is 0.228 e. The predicted molar refractivity (Wildman–Crippen MR) is 53.4 cm³/mol. The van der Waals surface area contributed by atoms with Crippen LogP contribution in [0.15, 0.2) is 0 Å². The van der Waals surface area contributed by atoms with Crippen molar-refractivity contribution < 1.29 is 9.22 Å². The Balaban J connectivity index is 4.32. The summed E-state index contributed by atoms with van der Waals surface area (Å²) in [5, 5.41) is 0.165. The van der Waals surface area contributed by atoms with Gasteiger partial charge in [-0.05, 0) is 25.1 Å². The lowest BCUT2D eigenvalue weighted by molar-refractivity contribution is 0.252. The Labute approximate surface area is 76.4 Å². The Bertz CT molecular complexity index is 158. The lowest BCUT2D eigenvalue weighted by atomic mass is 10.2. The maximum Gasteiger partial charge on any atom is 0.228 e. The maximum atomic E-state index is 10.3. The Morgan fingerprint density at radius 1 is 1.33 bits per heavy atom. The van der Waals surface area contributed by atoms with E-state index < -0.39 is 8.32 Å². The summed E-state index contributed by atoms with van der Waals surface area (Å²) >= 11 is 0. The third-order valence-electron chi connectivity index (χ3n) is 2.44. The van der Waals surface area contributed by atoms with Crippen LogP contribution in [0.3, 0.4) is 0 Å². The minimum atomic E-state index is -1.75. The van der Waals surface area contributed by atoms with E-state index in [2.05, 4.69) is 33.9 Å². The van der Waals surface area contributed by atoms with Crippen LogP contribution in [0.25, 0.3) is 0 Å². The molecule has 0 saturated carbocycles. The van der Waals surface area contributed by atoms with Gasteiger partial charge in [0.15, 0.2) is 8.32 Å². The van der Waals surface area contributed by atoms with Gasteiger partial charge < -0.3 is 4.43 Å². The Hall–Kier alpha value is -0.153. The Morgan fingerprint density at radius 3 is 2.00 bits per heavy atom. The zero-order valence-corrected chi connectivity index (χ0v) is 9.89. The van der Waals surface area contributed by atoms with Gasteiger partial charge in [-0.25, -0.2) is 0 Å². The van der Waals surface area contributed by atoms with Gasteiger partial charge in [-0.3, -0.25) is 4.79 Å². The van der Waals surface area contributed by atoms with Crippen molar-refractivity contribution >= 4 is 14.6 Å². The fourth-order valence-corrected chi connectivity index (χ4v) is 1.93. The highest BCUT2D eigenvalue weighted by molar-refractivity contribution is 6.74. The topological polar surface area (TPSA) is 26.3 Å². The van der Waals surface area contributed by atoms with E-state index in [1.54, 1.807) is 6.92 Å². The van der Waals surface area contributed by atoms with Gasteiger partial charge in [0.05, 0.1) is 0 Å². The second-order valence-corrected chi connectivity index (χ2v) is 9.39. The van der Waals surface area contributed by atoms with Crippen LogP contribution >= 0.6 is 0 Å². The summed E-state index contributed by atoms with van der Waals surface area (Å²) in [6.45, 7) is 12.4. The molecule has 1 unspecified atom stereocenters. The van der Waals surface area contributed by atoms with Crippen molar-refractivity contribution in [3.8, 4) is 0 Å². The van der Waals surface area contributed by atoms with Gasteiger partial charge in [0.1, 0.15) is 6.10 Å². The summed E-state index contributed by atoms with van der Waals surface area (Å²) in [5.74, 6) is 0. The molecule has 0 aromatic rings. The molecule has 1 atom stereocenters. The SMILES string of the molecule is CC([C]=O)O[Si](C)(C)C(C)(C)C. The lowest BCUT2D eigenvalue weighted by Gasteiger charge is -2.37. The summed E-state index contributed by atoms with van der Waals surface area (Å²) in [5.41, 5.74) is 0. The molecule has 0 saturated heterocycles. The molecule has 3 heteroatoms. The van der Waals surface area contributed by atoms with Crippen molar-refractivity contribution in [3.63, 3.8) is 0 Å². The predicted octanol–water partition coefficient (Wildman–Crippen LogP) is 2.51. The van der Waals surface area contributed by atoms with Crippen molar-refractivity contribution in [1.82, 2.24) is 0 Å². The number of hydrogen-bond acceptors (Lipinski definition) is 2. The van der Waals surface area contributed by atoms with Crippen LogP contribution in [-0.2, 0) is 9.22 Å². The number of carbonyl (C=O) groups excluding carboxylic acids is 1. The Kier molecular flexibility index (Phi) is 3.66.